The molecule has 2 atom stereocenters. The van der Waals surface area contributed by atoms with Gasteiger partial charge in [-0.2, -0.15) is 0 Å². The molecule has 1 aliphatic heterocycles. The Morgan fingerprint density at radius 1 is 1.04 bits per heavy atom. The summed E-state index contributed by atoms with van der Waals surface area (Å²) < 4.78 is 5.93. The van der Waals surface area contributed by atoms with Crippen molar-refractivity contribution in [2.75, 3.05) is 0 Å². The van der Waals surface area contributed by atoms with Gasteiger partial charge in [-0.15, -0.1) is 0 Å². The van der Waals surface area contributed by atoms with Gasteiger partial charge >= 0.3 is 5.97 Å². The fourth-order valence-corrected chi connectivity index (χ4v) is 3.73. The number of Topliss-reactive ketones (excluding diaryl/α,β-unsaturated/α-hetero) is 2. The molecule has 0 fully saturated rings. The lowest BCUT2D eigenvalue weighted by Crippen LogP contribution is -2.35. The second-order valence-corrected chi connectivity index (χ2v) is 6.60. The molecule has 27 heavy (non-hydrogen) atoms. The highest BCUT2D eigenvalue weighted by Crippen LogP contribution is 2.44. The molecule has 136 valence electrons. The van der Waals surface area contributed by atoms with Crippen LogP contribution in [0.15, 0.2) is 59.7 Å². The number of carboxylic acids is 1. The van der Waals surface area contributed by atoms with Crippen molar-refractivity contribution in [1.29, 1.82) is 0 Å². The van der Waals surface area contributed by atoms with Crippen LogP contribution in [-0.2, 0) is 9.53 Å². The SMILES string of the molecule is O=C(O)C[C@@H]1CC2=C(C(=O)c3c(O)cccc3C2=O)[C@@H](c2ccccc2)O1. The predicted molar refractivity (Wildman–Crippen MR) is 94.7 cm³/mol. The number of benzene rings is 2. The van der Waals surface area contributed by atoms with Gasteiger partial charge in [0.2, 0.25) is 0 Å². The Labute approximate surface area is 154 Å². The monoisotopic (exact) mass is 364 g/mol. The average molecular weight is 364 g/mol. The molecule has 0 aromatic heterocycles. The summed E-state index contributed by atoms with van der Waals surface area (Å²) >= 11 is 0. The van der Waals surface area contributed by atoms with Gasteiger partial charge < -0.3 is 14.9 Å². The number of carbonyl (C=O) groups excluding carboxylic acids is 2. The maximum Gasteiger partial charge on any atom is 0.305 e. The zero-order valence-electron chi connectivity index (χ0n) is 14.2. The van der Waals surface area contributed by atoms with Crippen molar-refractivity contribution in [3.63, 3.8) is 0 Å². The molecule has 6 nitrogen and oxygen atoms in total. The van der Waals surface area contributed by atoms with E-state index in [2.05, 4.69) is 0 Å². The maximum absolute atomic E-state index is 13.2. The summed E-state index contributed by atoms with van der Waals surface area (Å²) in [5, 5.41) is 19.3. The lowest BCUT2D eigenvalue weighted by atomic mass is 9.76. The molecule has 0 amide bonds. The average Bonchev–Trinajstić information content (AvgIpc) is 2.65. The van der Waals surface area contributed by atoms with Crippen LogP contribution in [0.2, 0.25) is 0 Å². The number of fused-ring (bicyclic) bond motifs is 1. The summed E-state index contributed by atoms with van der Waals surface area (Å²) in [5.41, 5.74) is 1.22. The maximum atomic E-state index is 13.2. The van der Waals surface area contributed by atoms with Crippen LogP contribution in [0, 0.1) is 0 Å². The molecule has 0 saturated heterocycles. The Morgan fingerprint density at radius 3 is 2.48 bits per heavy atom. The predicted octanol–water partition coefficient (Wildman–Crippen LogP) is 3.07. The summed E-state index contributed by atoms with van der Waals surface area (Å²) in [6, 6.07) is 13.3. The molecule has 2 aromatic rings. The zero-order valence-corrected chi connectivity index (χ0v) is 14.2. The molecule has 2 aliphatic rings. The van der Waals surface area contributed by atoms with E-state index < -0.39 is 24.0 Å². The molecule has 1 aliphatic carbocycles. The number of aliphatic carboxylic acids is 1. The minimum absolute atomic E-state index is 0.0255. The first kappa shape index (κ1) is 17.2. The molecule has 0 radical (unpaired) electrons. The lowest BCUT2D eigenvalue weighted by molar-refractivity contribution is -0.141. The smallest absolute Gasteiger partial charge is 0.305 e. The van der Waals surface area contributed by atoms with Gasteiger partial charge in [-0.3, -0.25) is 14.4 Å². The number of ether oxygens (including phenoxy) is 1. The summed E-state index contributed by atoms with van der Waals surface area (Å²) in [4.78, 5) is 37.4. The fraction of sp³-hybridized carbons (Fsp3) is 0.190. The van der Waals surface area contributed by atoms with Crippen LogP contribution in [0.1, 0.15) is 45.2 Å². The number of carbonyl (C=O) groups is 3. The van der Waals surface area contributed by atoms with Gasteiger partial charge in [0.05, 0.1) is 18.1 Å². The first-order valence-electron chi connectivity index (χ1n) is 8.54. The van der Waals surface area contributed by atoms with Crippen molar-refractivity contribution in [2.24, 2.45) is 0 Å². The van der Waals surface area contributed by atoms with Crippen molar-refractivity contribution in [1.82, 2.24) is 0 Å². The number of rotatable bonds is 3. The highest BCUT2D eigenvalue weighted by Gasteiger charge is 2.43. The largest absolute Gasteiger partial charge is 0.507 e. The van der Waals surface area contributed by atoms with E-state index >= 15 is 0 Å². The Hall–Kier alpha value is -3.25. The van der Waals surface area contributed by atoms with Crippen LogP contribution < -0.4 is 0 Å². The normalized spacial score (nSPS) is 21.6. The van der Waals surface area contributed by atoms with Gasteiger partial charge in [0, 0.05) is 23.1 Å². The van der Waals surface area contributed by atoms with E-state index in [1.807, 2.05) is 6.07 Å². The summed E-state index contributed by atoms with van der Waals surface area (Å²) in [6.07, 6.45) is -1.80. The van der Waals surface area contributed by atoms with Crippen LogP contribution >= 0.6 is 0 Å². The molecule has 6 heteroatoms. The molecule has 2 aromatic carbocycles. The Bertz CT molecular complexity index is 989. The number of aromatic hydroxyl groups is 1. The Morgan fingerprint density at radius 2 is 1.78 bits per heavy atom. The van der Waals surface area contributed by atoms with E-state index in [0.717, 1.165) is 0 Å². The third kappa shape index (κ3) is 2.84. The third-order valence-electron chi connectivity index (χ3n) is 4.89. The van der Waals surface area contributed by atoms with E-state index in [9.17, 15) is 19.5 Å². The highest BCUT2D eigenvalue weighted by molar-refractivity contribution is 6.28. The summed E-state index contributed by atoms with van der Waals surface area (Å²) in [7, 11) is 0. The number of hydrogen-bond donors (Lipinski definition) is 2. The van der Waals surface area contributed by atoms with E-state index in [1.54, 1.807) is 24.3 Å². The second-order valence-electron chi connectivity index (χ2n) is 6.60. The van der Waals surface area contributed by atoms with Gasteiger partial charge in [0.25, 0.3) is 0 Å². The number of hydrogen-bond acceptors (Lipinski definition) is 5. The number of phenols is 1. The van der Waals surface area contributed by atoms with Gasteiger partial charge in [-0.25, -0.2) is 0 Å². The first-order chi connectivity index (χ1) is 13.0. The standard InChI is InChI=1S/C21H16O6/c22-15-8-4-7-13-17(15)20(26)18-14(19(13)25)9-12(10-16(23)24)27-21(18)11-5-2-1-3-6-11/h1-8,12,21-22H,9-10H2,(H,23,24)/t12-,21+/m0/s1. The summed E-state index contributed by atoms with van der Waals surface area (Å²) in [5.74, 6) is -2.11. The van der Waals surface area contributed by atoms with Crippen molar-refractivity contribution in [3.8, 4) is 5.75 Å². The van der Waals surface area contributed by atoms with E-state index in [4.69, 9.17) is 9.84 Å². The topological polar surface area (TPSA) is 101 Å². The number of carboxylic acid groups (broad SMARTS) is 1. The van der Waals surface area contributed by atoms with Gasteiger partial charge in [0.1, 0.15) is 11.9 Å². The molecule has 1 heterocycles. The van der Waals surface area contributed by atoms with Crippen molar-refractivity contribution < 1.29 is 29.3 Å². The minimum atomic E-state index is -1.04. The zero-order chi connectivity index (χ0) is 19.1. The summed E-state index contributed by atoms with van der Waals surface area (Å²) in [6.45, 7) is 0. The van der Waals surface area contributed by atoms with Crippen LogP contribution in [0.3, 0.4) is 0 Å². The Balaban J connectivity index is 1.88. The van der Waals surface area contributed by atoms with Crippen molar-refractivity contribution >= 4 is 17.5 Å². The highest BCUT2D eigenvalue weighted by atomic mass is 16.5. The van der Waals surface area contributed by atoms with Crippen LogP contribution in [-0.4, -0.2) is 33.9 Å². The number of phenolic OH excluding ortho intramolecular Hbond substituents is 1. The first-order valence-corrected chi connectivity index (χ1v) is 8.54. The quantitative estimate of drug-likeness (QED) is 0.868. The van der Waals surface area contributed by atoms with E-state index in [-0.39, 0.29) is 46.6 Å². The van der Waals surface area contributed by atoms with Crippen LogP contribution in [0.25, 0.3) is 0 Å². The molecular formula is C21H16O6. The fourth-order valence-electron chi connectivity index (χ4n) is 3.73. The molecule has 0 unspecified atom stereocenters. The van der Waals surface area contributed by atoms with Crippen LogP contribution in [0.5, 0.6) is 5.75 Å². The van der Waals surface area contributed by atoms with E-state index in [1.165, 1.54) is 18.2 Å². The molecular weight excluding hydrogens is 348 g/mol. The van der Waals surface area contributed by atoms with Crippen molar-refractivity contribution in [2.45, 2.75) is 25.0 Å². The Kier molecular flexibility index (Phi) is 4.12. The van der Waals surface area contributed by atoms with E-state index in [0.29, 0.717) is 5.56 Å². The minimum Gasteiger partial charge on any atom is -0.507 e. The van der Waals surface area contributed by atoms with Crippen LogP contribution in [0.4, 0.5) is 0 Å². The molecule has 0 saturated carbocycles. The number of ketones is 2. The van der Waals surface area contributed by atoms with Crippen molar-refractivity contribution in [3.05, 3.63) is 76.4 Å². The van der Waals surface area contributed by atoms with Gasteiger partial charge in [-0.05, 0) is 11.6 Å². The second kappa shape index (κ2) is 6.48. The lowest BCUT2D eigenvalue weighted by Gasteiger charge is -2.35. The molecule has 4 rings (SSSR count). The molecule has 0 bridgehead atoms. The molecule has 0 spiro atoms. The molecule has 2 N–H and O–H groups in total. The van der Waals surface area contributed by atoms with Gasteiger partial charge in [-0.1, -0.05) is 42.5 Å². The van der Waals surface area contributed by atoms with Gasteiger partial charge in [0.15, 0.2) is 11.6 Å². The third-order valence-corrected chi connectivity index (χ3v) is 4.89.